The Morgan fingerprint density at radius 1 is 1.42 bits per heavy atom. The summed E-state index contributed by atoms with van der Waals surface area (Å²) in [7, 11) is 1.49. The first-order valence-electron chi connectivity index (χ1n) is 6.86. The highest BCUT2D eigenvalue weighted by Gasteiger charge is 2.27. The second kappa shape index (κ2) is 5.78. The molecule has 0 bridgehead atoms. The van der Waals surface area contributed by atoms with Crippen molar-refractivity contribution in [1.29, 1.82) is 0 Å². The van der Waals surface area contributed by atoms with Crippen LogP contribution in [0.1, 0.15) is 20.8 Å². The number of ether oxygens (including phenoxy) is 1. The standard InChI is InChI=1S/C15H23FN2O/c1-10(2)14-9-18(11(3)8-17-14)12-5-6-15(19-4)13(16)7-12/h5-7,10-11,14,17H,8-9H2,1-4H3. The van der Waals surface area contributed by atoms with E-state index in [9.17, 15) is 4.39 Å². The molecule has 0 saturated carbocycles. The number of nitrogens with one attached hydrogen (secondary N) is 1. The largest absolute Gasteiger partial charge is 0.494 e. The molecule has 1 fully saturated rings. The summed E-state index contributed by atoms with van der Waals surface area (Å²) in [5.74, 6) is 0.567. The number of anilines is 1. The van der Waals surface area contributed by atoms with Crippen LogP contribution in [0.5, 0.6) is 5.75 Å². The maximum absolute atomic E-state index is 13.8. The van der Waals surface area contributed by atoms with E-state index in [1.165, 1.54) is 7.11 Å². The molecule has 4 heteroatoms. The lowest BCUT2D eigenvalue weighted by atomic mass is 9.99. The molecule has 1 aliphatic heterocycles. The highest BCUT2D eigenvalue weighted by Crippen LogP contribution is 2.26. The SMILES string of the molecule is COc1ccc(N2CC(C(C)C)NCC2C)cc1F. The summed E-state index contributed by atoms with van der Waals surface area (Å²) in [5, 5.41) is 3.55. The average molecular weight is 266 g/mol. The van der Waals surface area contributed by atoms with Gasteiger partial charge in [0.2, 0.25) is 0 Å². The molecule has 1 aromatic carbocycles. The predicted octanol–water partition coefficient (Wildman–Crippen LogP) is 2.66. The minimum absolute atomic E-state index is 0.298. The number of halogens is 1. The van der Waals surface area contributed by atoms with Gasteiger partial charge in [-0.3, -0.25) is 0 Å². The lowest BCUT2D eigenvalue weighted by Gasteiger charge is -2.42. The van der Waals surface area contributed by atoms with E-state index in [1.807, 2.05) is 6.07 Å². The van der Waals surface area contributed by atoms with Crippen molar-refractivity contribution >= 4 is 5.69 Å². The van der Waals surface area contributed by atoms with E-state index >= 15 is 0 Å². The van der Waals surface area contributed by atoms with E-state index in [2.05, 4.69) is 31.0 Å². The van der Waals surface area contributed by atoms with Gasteiger partial charge in [0.1, 0.15) is 0 Å². The van der Waals surface area contributed by atoms with Crippen LogP contribution >= 0.6 is 0 Å². The second-order valence-corrected chi connectivity index (χ2v) is 5.58. The van der Waals surface area contributed by atoms with E-state index in [0.29, 0.717) is 23.8 Å². The molecule has 1 saturated heterocycles. The normalized spacial score (nSPS) is 23.8. The van der Waals surface area contributed by atoms with E-state index in [0.717, 1.165) is 18.8 Å². The number of hydrogen-bond donors (Lipinski definition) is 1. The maximum atomic E-state index is 13.8. The lowest BCUT2D eigenvalue weighted by molar-refractivity contribution is 0.336. The van der Waals surface area contributed by atoms with Crippen LogP contribution in [0.15, 0.2) is 18.2 Å². The van der Waals surface area contributed by atoms with Gasteiger partial charge in [0.25, 0.3) is 0 Å². The Balaban J connectivity index is 2.21. The first kappa shape index (κ1) is 14.1. The zero-order chi connectivity index (χ0) is 14.0. The van der Waals surface area contributed by atoms with Gasteiger partial charge in [-0.1, -0.05) is 13.8 Å². The van der Waals surface area contributed by atoms with Crippen LogP contribution in [0.25, 0.3) is 0 Å². The van der Waals surface area contributed by atoms with Crippen molar-refractivity contribution < 1.29 is 9.13 Å². The fraction of sp³-hybridized carbons (Fsp3) is 0.600. The molecule has 2 unspecified atom stereocenters. The van der Waals surface area contributed by atoms with Gasteiger partial charge >= 0.3 is 0 Å². The molecular formula is C15H23FN2O. The Kier molecular flexibility index (Phi) is 4.30. The van der Waals surface area contributed by atoms with Gasteiger partial charge in [-0.2, -0.15) is 0 Å². The maximum Gasteiger partial charge on any atom is 0.167 e. The van der Waals surface area contributed by atoms with Crippen LogP contribution in [-0.2, 0) is 0 Å². The Labute approximate surface area is 114 Å². The number of hydrogen-bond acceptors (Lipinski definition) is 3. The lowest BCUT2D eigenvalue weighted by Crippen LogP contribution is -2.57. The fourth-order valence-corrected chi connectivity index (χ4v) is 2.53. The average Bonchev–Trinajstić information content (AvgIpc) is 2.38. The van der Waals surface area contributed by atoms with Crippen LogP contribution in [0.4, 0.5) is 10.1 Å². The predicted molar refractivity (Wildman–Crippen MR) is 76.4 cm³/mol. The number of nitrogens with zero attached hydrogens (tertiary/aromatic N) is 1. The number of rotatable bonds is 3. The molecule has 106 valence electrons. The third-order valence-corrected chi connectivity index (χ3v) is 3.87. The molecule has 3 nitrogen and oxygen atoms in total. The van der Waals surface area contributed by atoms with Crippen LogP contribution in [0.2, 0.25) is 0 Å². The summed E-state index contributed by atoms with van der Waals surface area (Å²) < 4.78 is 18.8. The third kappa shape index (κ3) is 3.00. The summed E-state index contributed by atoms with van der Waals surface area (Å²) in [6.07, 6.45) is 0. The minimum Gasteiger partial charge on any atom is -0.494 e. The summed E-state index contributed by atoms with van der Waals surface area (Å²) in [4.78, 5) is 2.27. The summed E-state index contributed by atoms with van der Waals surface area (Å²) in [6.45, 7) is 8.41. The van der Waals surface area contributed by atoms with Gasteiger partial charge in [0.15, 0.2) is 11.6 Å². The van der Waals surface area contributed by atoms with Crippen molar-refractivity contribution in [1.82, 2.24) is 5.32 Å². The van der Waals surface area contributed by atoms with Gasteiger partial charge in [-0.05, 0) is 25.0 Å². The molecule has 0 spiro atoms. The molecule has 1 N–H and O–H groups in total. The Hall–Kier alpha value is -1.29. The van der Waals surface area contributed by atoms with Crippen molar-refractivity contribution in [3.63, 3.8) is 0 Å². The minimum atomic E-state index is -0.299. The second-order valence-electron chi connectivity index (χ2n) is 5.58. The Morgan fingerprint density at radius 2 is 2.16 bits per heavy atom. The van der Waals surface area contributed by atoms with Gasteiger partial charge in [-0.15, -0.1) is 0 Å². The number of methoxy groups -OCH3 is 1. The van der Waals surface area contributed by atoms with Crippen LogP contribution < -0.4 is 15.0 Å². The molecule has 19 heavy (non-hydrogen) atoms. The number of benzene rings is 1. The molecule has 0 amide bonds. The first-order chi connectivity index (χ1) is 9.02. The summed E-state index contributed by atoms with van der Waals surface area (Å²) in [6, 6.07) is 6.01. The quantitative estimate of drug-likeness (QED) is 0.910. The molecule has 0 aliphatic carbocycles. The highest BCUT2D eigenvalue weighted by molar-refractivity contribution is 5.51. The Morgan fingerprint density at radius 3 is 2.74 bits per heavy atom. The Bertz CT molecular complexity index is 436. The molecule has 2 rings (SSSR count). The third-order valence-electron chi connectivity index (χ3n) is 3.87. The van der Waals surface area contributed by atoms with Crippen molar-refractivity contribution in [2.75, 3.05) is 25.1 Å². The van der Waals surface area contributed by atoms with Crippen LogP contribution in [-0.4, -0.2) is 32.3 Å². The van der Waals surface area contributed by atoms with Crippen molar-refractivity contribution in [3.8, 4) is 5.75 Å². The molecule has 1 heterocycles. The first-order valence-corrected chi connectivity index (χ1v) is 6.86. The zero-order valence-electron chi connectivity index (χ0n) is 12.1. The zero-order valence-corrected chi connectivity index (χ0v) is 12.1. The van der Waals surface area contributed by atoms with E-state index in [4.69, 9.17) is 4.74 Å². The van der Waals surface area contributed by atoms with Crippen molar-refractivity contribution in [2.45, 2.75) is 32.9 Å². The van der Waals surface area contributed by atoms with Gasteiger partial charge in [0.05, 0.1) is 7.11 Å². The molecule has 0 aromatic heterocycles. The molecule has 2 atom stereocenters. The van der Waals surface area contributed by atoms with Gasteiger partial charge in [-0.25, -0.2) is 4.39 Å². The van der Waals surface area contributed by atoms with Gasteiger partial charge in [0, 0.05) is 36.9 Å². The molecule has 1 aromatic rings. The van der Waals surface area contributed by atoms with Gasteiger partial charge < -0.3 is 15.0 Å². The van der Waals surface area contributed by atoms with Crippen molar-refractivity contribution in [2.24, 2.45) is 5.92 Å². The van der Waals surface area contributed by atoms with E-state index in [-0.39, 0.29) is 5.82 Å². The van der Waals surface area contributed by atoms with Crippen LogP contribution in [0, 0.1) is 11.7 Å². The van der Waals surface area contributed by atoms with E-state index < -0.39 is 0 Å². The fourth-order valence-electron chi connectivity index (χ4n) is 2.53. The van der Waals surface area contributed by atoms with Crippen LogP contribution in [0.3, 0.4) is 0 Å². The number of piperazine rings is 1. The molecule has 0 radical (unpaired) electrons. The topological polar surface area (TPSA) is 24.5 Å². The monoisotopic (exact) mass is 266 g/mol. The molecular weight excluding hydrogens is 243 g/mol. The smallest absolute Gasteiger partial charge is 0.167 e. The summed E-state index contributed by atoms with van der Waals surface area (Å²) in [5.41, 5.74) is 0.929. The highest BCUT2D eigenvalue weighted by atomic mass is 19.1. The van der Waals surface area contributed by atoms with Crippen molar-refractivity contribution in [3.05, 3.63) is 24.0 Å². The van der Waals surface area contributed by atoms with E-state index in [1.54, 1.807) is 12.1 Å². The summed E-state index contributed by atoms with van der Waals surface area (Å²) >= 11 is 0. The molecule has 1 aliphatic rings.